The molecule has 0 unspecified atom stereocenters. The highest BCUT2D eigenvalue weighted by atomic mass is 35.5. The van der Waals surface area contributed by atoms with E-state index in [2.05, 4.69) is 14.9 Å². The number of Topliss-reactive ketones (excluding diaryl/α,β-unsaturated/α-hetero) is 1. The predicted molar refractivity (Wildman–Crippen MR) is 106 cm³/mol. The van der Waals surface area contributed by atoms with E-state index >= 15 is 0 Å². The van der Waals surface area contributed by atoms with E-state index in [0.717, 1.165) is 11.9 Å². The highest BCUT2D eigenvalue weighted by Gasteiger charge is 2.12. The summed E-state index contributed by atoms with van der Waals surface area (Å²) in [4.78, 5) is 12.4. The summed E-state index contributed by atoms with van der Waals surface area (Å²) >= 11 is 7.27. The number of sulfonamides is 1. The van der Waals surface area contributed by atoms with Gasteiger partial charge in [0.1, 0.15) is 6.33 Å². The van der Waals surface area contributed by atoms with Gasteiger partial charge in [0.25, 0.3) is 0 Å². The number of hydrogen-bond donors (Lipinski definition) is 1. The number of anilines is 1. The van der Waals surface area contributed by atoms with Crippen molar-refractivity contribution in [3.05, 3.63) is 65.4 Å². The van der Waals surface area contributed by atoms with Crippen LogP contribution in [0.5, 0.6) is 0 Å². The molecule has 0 aliphatic heterocycles. The van der Waals surface area contributed by atoms with Crippen molar-refractivity contribution in [3.8, 4) is 5.69 Å². The molecule has 0 aliphatic rings. The Morgan fingerprint density at radius 2 is 1.96 bits per heavy atom. The zero-order valence-electron chi connectivity index (χ0n) is 14.2. The van der Waals surface area contributed by atoms with Crippen LogP contribution in [0.3, 0.4) is 0 Å². The van der Waals surface area contributed by atoms with Gasteiger partial charge in [-0.2, -0.15) is 0 Å². The number of rotatable bonds is 7. The van der Waals surface area contributed by atoms with E-state index in [9.17, 15) is 13.2 Å². The summed E-state index contributed by atoms with van der Waals surface area (Å²) in [6.07, 6.45) is 2.63. The maximum Gasteiger partial charge on any atom is 0.229 e. The fourth-order valence-corrected chi connectivity index (χ4v) is 3.85. The van der Waals surface area contributed by atoms with Crippen LogP contribution in [0, 0.1) is 0 Å². The average molecular weight is 423 g/mol. The third-order valence-corrected chi connectivity index (χ3v) is 5.23. The average Bonchev–Trinajstić information content (AvgIpc) is 3.07. The smallest absolute Gasteiger partial charge is 0.229 e. The molecule has 1 aromatic heterocycles. The van der Waals surface area contributed by atoms with Gasteiger partial charge in [0, 0.05) is 16.3 Å². The van der Waals surface area contributed by atoms with Crippen molar-refractivity contribution in [2.24, 2.45) is 0 Å². The Balaban J connectivity index is 1.67. The Morgan fingerprint density at radius 1 is 1.22 bits per heavy atom. The maximum absolute atomic E-state index is 12.4. The number of benzene rings is 2. The summed E-state index contributed by atoms with van der Waals surface area (Å²) < 4.78 is 26.5. The van der Waals surface area contributed by atoms with Crippen molar-refractivity contribution in [3.63, 3.8) is 0 Å². The van der Waals surface area contributed by atoms with Gasteiger partial charge in [-0.3, -0.25) is 14.1 Å². The van der Waals surface area contributed by atoms with Crippen molar-refractivity contribution in [1.29, 1.82) is 0 Å². The molecule has 0 fully saturated rings. The molecule has 0 saturated heterocycles. The predicted octanol–water partition coefficient (Wildman–Crippen LogP) is 3.27. The Morgan fingerprint density at radius 3 is 2.63 bits per heavy atom. The molecule has 3 aromatic rings. The van der Waals surface area contributed by atoms with Crippen LogP contribution in [0.15, 0.2) is 60.0 Å². The van der Waals surface area contributed by atoms with Crippen molar-refractivity contribution in [2.45, 2.75) is 5.16 Å². The molecule has 2 aromatic carbocycles. The second kappa shape index (κ2) is 8.12. The molecule has 1 heterocycles. The first-order chi connectivity index (χ1) is 12.8. The van der Waals surface area contributed by atoms with Crippen LogP contribution in [-0.4, -0.2) is 41.0 Å². The number of thioether (sulfide) groups is 1. The van der Waals surface area contributed by atoms with Gasteiger partial charge < -0.3 is 0 Å². The van der Waals surface area contributed by atoms with Gasteiger partial charge in [0.15, 0.2) is 10.9 Å². The van der Waals surface area contributed by atoms with Crippen LogP contribution in [-0.2, 0) is 10.0 Å². The number of nitrogens with one attached hydrogen (secondary N) is 1. The molecule has 0 amide bonds. The molecule has 0 radical (unpaired) electrons. The lowest BCUT2D eigenvalue weighted by atomic mass is 10.1. The zero-order chi connectivity index (χ0) is 19.4. The Kier molecular flexibility index (Phi) is 5.83. The van der Waals surface area contributed by atoms with Crippen molar-refractivity contribution in [2.75, 3.05) is 16.7 Å². The number of hydrogen-bond acceptors (Lipinski definition) is 6. The second-order valence-corrected chi connectivity index (χ2v) is 8.75. The van der Waals surface area contributed by atoms with Crippen LogP contribution in [0.2, 0.25) is 5.02 Å². The third-order valence-electron chi connectivity index (χ3n) is 3.45. The van der Waals surface area contributed by atoms with E-state index < -0.39 is 10.0 Å². The summed E-state index contributed by atoms with van der Waals surface area (Å²) in [5, 5.41) is 9.11. The fourth-order valence-electron chi connectivity index (χ4n) is 2.28. The number of carbonyl (C=O) groups excluding carboxylic acids is 1. The van der Waals surface area contributed by atoms with Crippen LogP contribution < -0.4 is 4.72 Å². The summed E-state index contributed by atoms with van der Waals surface area (Å²) in [5.41, 5.74) is 1.69. The Hall–Kier alpha value is -2.36. The van der Waals surface area contributed by atoms with Gasteiger partial charge >= 0.3 is 0 Å². The highest BCUT2D eigenvalue weighted by Crippen LogP contribution is 2.22. The third kappa shape index (κ3) is 5.31. The topological polar surface area (TPSA) is 93.9 Å². The highest BCUT2D eigenvalue weighted by molar-refractivity contribution is 7.99. The molecule has 0 aliphatic carbocycles. The molecule has 27 heavy (non-hydrogen) atoms. The number of nitrogens with zero attached hydrogens (tertiary/aromatic N) is 3. The molecule has 0 bridgehead atoms. The fraction of sp³-hybridized carbons (Fsp3) is 0.118. The van der Waals surface area contributed by atoms with Crippen LogP contribution in [0.25, 0.3) is 5.69 Å². The van der Waals surface area contributed by atoms with E-state index in [1.807, 2.05) is 12.1 Å². The lowest BCUT2D eigenvalue weighted by Gasteiger charge is -2.07. The lowest BCUT2D eigenvalue weighted by molar-refractivity contribution is 0.102. The second-order valence-electron chi connectivity index (χ2n) is 5.63. The minimum absolute atomic E-state index is 0.105. The van der Waals surface area contributed by atoms with Crippen molar-refractivity contribution in [1.82, 2.24) is 14.8 Å². The molecule has 7 nitrogen and oxygen atoms in total. The summed E-state index contributed by atoms with van der Waals surface area (Å²) in [6.45, 7) is 0. The van der Waals surface area contributed by atoms with Gasteiger partial charge in [-0.15, -0.1) is 10.2 Å². The molecule has 1 N–H and O–H groups in total. The van der Waals surface area contributed by atoms with E-state index in [1.54, 1.807) is 47.3 Å². The molecule has 0 atom stereocenters. The quantitative estimate of drug-likeness (QED) is 0.464. The van der Waals surface area contributed by atoms with Crippen molar-refractivity contribution >= 4 is 44.9 Å². The minimum Gasteiger partial charge on any atom is -0.293 e. The maximum atomic E-state index is 12.4. The van der Waals surface area contributed by atoms with E-state index in [-0.39, 0.29) is 11.5 Å². The van der Waals surface area contributed by atoms with Gasteiger partial charge in [0.05, 0.1) is 17.7 Å². The first kappa shape index (κ1) is 19.4. The van der Waals surface area contributed by atoms with Gasteiger partial charge in [-0.05, 0) is 42.5 Å². The molecular weight excluding hydrogens is 408 g/mol. The van der Waals surface area contributed by atoms with E-state index in [1.165, 1.54) is 11.8 Å². The molecule has 10 heteroatoms. The number of ketones is 1. The largest absolute Gasteiger partial charge is 0.293 e. The molecule has 0 saturated carbocycles. The Labute approximate surface area is 165 Å². The summed E-state index contributed by atoms with van der Waals surface area (Å²) in [7, 11) is -3.35. The molecule has 0 spiro atoms. The SMILES string of the molecule is CS(=O)(=O)Nc1ccc(C(=O)CSc2nncn2-c2cccc(Cl)c2)cc1. The number of halogens is 1. The van der Waals surface area contributed by atoms with Crippen LogP contribution >= 0.6 is 23.4 Å². The first-order valence-corrected chi connectivity index (χ1v) is 11.0. The van der Waals surface area contributed by atoms with Crippen LogP contribution in [0.4, 0.5) is 5.69 Å². The van der Waals surface area contributed by atoms with E-state index in [0.29, 0.717) is 21.4 Å². The Bertz CT molecular complexity index is 1070. The zero-order valence-corrected chi connectivity index (χ0v) is 16.6. The van der Waals surface area contributed by atoms with Crippen LogP contribution in [0.1, 0.15) is 10.4 Å². The molecule has 140 valence electrons. The first-order valence-electron chi connectivity index (χ1n) is 7.72. The minimum atomic E-state index is -3.35. The standard InChI is InChI=1S/C17H15ClN4O3S2/c1-27(24,25)21-14-7-5-12(6-8-14)16(23)10-26-17-20-19-11-22(17)15-4-2-3-13(18)9-15/h2-9,11,21H,10H2,1H3. The van der Waals surface area contributed by atoms with Gasteiger partial charge in [0.2, 0.25) is 10.0 Å². The monoisotopic (exact) mass is 422 g/mol. The number of carbonyl (C=O) groups is 1. The van der Waals surface area contributed by atoms with Gasteiger partial charge in [-0.1, -0.05) is 29.4 Å². The normalized spacial score (nSPS) is 11.3. The van der Waals surface area contributed by atoms with E-state index in [4.69, 9.17) is 11.6 Å². The van der Waals surface area contributed by atoms with Gasteiger partial charge in [-0.25, -0.2) is 8.42 Å². The summed E-state index contributed by atoms with van der Waals surface area (Å²) in [5.74, 6) is 0.0597. The molecule has 3 rings (SSSR count). The lowest BCUT2D eigenvalue weighted by Crippen LogP contribution is -2.10. The van der Waals surface area contributed by atoms with Crippen molar-refractivity contribution < 1.29 is 13.2 Å². The summed E-state index contributed by atoms with van der Waals surface area (Å²) in [6, 6.07) is 13.5. The number of aromatic nitrogens is 3. The molecular formula is C17H15ClN4O3S2.